The SMILES string of the molecule is Cc1cnn(Cc2ccccn2)c1C. The van der Waals surface area contributed by atoms with E-state index in [9.17, 15) is 0 Å². The molecule has 0 saturated heterocycles. The van der Waals surface area contributed by atoms with Crippen LogP contribution in [0.3, 0.4) is 0 Å². The summed E-state index contributed by atoms with van der Waals surface area (Å²) in [4.78, 5) is 4.26. The van der Waals surface area contributed by atoms with Crippen LogP contribution in [0.15, 0.2) is 30.6 Å². The largest absolute Gasteiger partial charge is 0.264 e. The molecule has 0 aliphatic heterocycles. The Morgan fingerprint density at radius 1 is 1.29 bits per heavy atom. The average Bonchev–Trinajstić information content (AvgIpc) is 2.52. The van der Waals surface area contributed by atoms with Crippen LogP contribution < -0.4 is 0 Å². The third kappa shape index (κ3) is 1.66. The molecule has 0 radical (unpaired) electrons. The van der Waals surface area contributed by atoms with Gasteiger partial charge < -0.3 is 0 Å². The van der Waals surface area contributed by atoms with Gasteiger partial charge in [0, 0.05) is 11.9 Å². The lowest BCUT2D eigenvalue weighted by molar-refractivity contribution is 0.652. The zero-order chi connectivity index (χ0) is 9.97. The van der Waals surface area contributed by atoms with Crippen molar-refractivity contribution in [2.45, 2.75) is 20.4 Å². The van der Waals surface area contributed by atoms with Gasteiger partial charge in [0.1, 0.15) is 0 Å². The van der Waals surface area contributed by atoms with Crippen molar-refractivity contribution in [2.75, 3.05) is 0 Å². The first-order valence-electron chi connectivity index (χ1n) is 4.66. The molecule has 3 heteroatoms. The first-order valence-corrected chi connectivity index (χ1v) is 4.66. The number of rotatable bonds is 2. The molecular weight excluding hydrogens is 174 g/mol. The summed E-state index contributed by atoms with van der Waals surface area (Å²) in [7, 11) is 0. The van der Waals surface area contributed by atoms with Gasteiger partial charge in [-0.2, -0.15) is 5.10 Å². The van der Waals surface area contributed by atoms with E-state index in [4.69, 9.17) is 0 Å². The van der Waals surface area contributed by atoms with Crippen molar-refractivity contribution in [1.82, 2.24) is 14.8 Å². The number of hydrogen-bond acceptors (Lipinski definition) is 2. The highest BCUT2D eigenvalue weighted by Crippen LogP contribution is 2.06. The summed E-state index contributed by atoms with van der Waals surface area (Å²) < 4.78 is 1.97. The van der Waals surface area contributed by atoms with Crippen LogP contribution >= 0.6 is 0 Å². The van der Waals surface area contributed by atoms with Gasteiger partial charge in [0.15, 0.2) is 0 Å². The fraction of sp³-hybridized carbons (Fsp3) is 0.273. The first-order chi connectivity index (χ1) is 6.77. The molecule has 0 saturated carbocycles. The molecule has 14 heavy (non-hydrogen) atoms. The van der Waals surface area contributed by atoms with E-state index < -0.39 is 0 Å². The Hall–Kier alpha value is -1.64. The number of aryl methyl sites for hydroxylation is 1. The van der Waals surface area contributed by atoms with Gasteiger partial charge in [-0.25, -0.2) is 0 Å². The maximum Gasteiger partial charge on any atom is 0.0834 e. The van der Waals surface area contributed by atoms with E-state index in [0.717, 1.165) is 12.2 Å². The highest BCUT2D eigenvalue weighted by molar-refractivity contribution is 5.15. The fourth-order valence-electron chi connectivity index (χ4n) is 1.34. The molecule has 3 nitrogen and oxygen atoms in total. The minimum absolute atomic E-state index is 0.751. The fourth-order valence-corrected chi connectivity index (χ4v) is 1.34. The van der Waals surface area contributed by atoms with Gasteiger partial charge in [-0.3, -0.25) is 9.67 Å². The van der Waals surface area contributed by atoms with Crippen molar-refractivity contribution in [3.05, 3.63) is 47.5 Å². The normalized spacial score (nSPS) is 10.4. The Balaban J connectivity index is 2.23. The van der Waals surface area contributed by atoms with Crippen LogP contribution in [0.2, 0.25) is 0 Å². The molecular formula is C11H13N3. The maximum absolute atomic E-state index is 4.29. The molecule has 0 aliphatic carbocycles. The van der Waals surface area contributed by atoms with Crippen LogP contribution in [-0.4, -0.2) is 14.8 Å². The molecule has 0 spiro atoms. The molecule has 0 fully saturated rings. The molecule has 0 amide bonds. The number of nitrogens with zero attached hydrogens (tertiary/aromatic N) is 3. The second-order valence-corrected chi connectivity index (χ2v) is 3.39. The van der Waals surface area contributed by atoms with Crippen LogP contribution in [-0.2, 0) is 6.54 Å². The summed E-state index contributed by atoms with van der Waals surface area (Å²) in [6.45, 7) is 4.89. The minimum Gasteiger partial charge on any atom is -0.264 e. The molecule has 2 aromatic heterocycles. The quantitative estimate of drug-likeness (QED) is 0.719. The average molecular weight is 187 g/mol. The third-order valence-electron chi connectivity index (χ3n) is 2.39. The van der Waals surface area contributed by atoms with E-state index in [1.54, 1.807) is 6.20 Å². The summed E-state index contributed by atoms with van der Waals surface area (Å²) in [6.07, 6.45) is 3.69. The lowest BCUT2D eigenvalue weighted by atomic mass is 10.3. The van der Waals surface area contributed by atoms with Crippen molar-refractivity contribution in [1.29, 1.82) is 0 Å². The Morgan fingerprint density at radius 3 is 2.71 bits per heavy atom. The zero-order valence-electron chi connectivity index (χ0n) is 8.44. The van der Waals surface area contributed by atoms with E-state index in [2.05, 4.69) is 23.9 Å². The molecule has 0 aromatic carbocycles. The van der Waals surface area contributed by atoms with E-state index in [-0.39, 0.29) is 0 Å². The van der Waals surface area contributed by atoms with E-state index >= 15 is 0 Å². The van der Waals surface area contributed by atoms with Gasteiger partial charge in [0.25, 0.3) is 0 Å². The predicted molar refractivity (Wildman–Crippen MR) is 55.0 cm³/mol. The number of hydrogen-bond donors (Lipinski definition) is 0. The van der Waals surface area contributed by atoms with E-state index in [0.29, 0.717) is 0 Å². The Bertz CT molecular complexity index is 417. The lowest BCUT2D eigenvalue weighted by Gasteiger charge is -2.03. The Kier molecular flexibility index (Phi) is 2.31. The standard InChI is InChI=1S/C11H13N3/c1-9-7-13-14(10(9)2)8-11-5-3-4-6-12-11/h3-7H,8H2,1-2H3. The van der Waals surface area contributed by atoms with Crippen LogP contribution in [0.1, 0.15) is 17.0 Å². The summed E-state index contributed by atoms with van der Waals surface area (Å²) in [6, 6.07) is 5.93. The summed E-state index contributed by atoms with van der Waals surface area (Å²) >= 11 is 0. The van der Waals surface area contributed by atoms with Crippen molar-refractivity contribution in [3.8, 4) is 0 Å². The highest BCUT2D eigenvalue weighted by Gasteiger charge is 2.02. The van der Waals surface area contributed by atoms with Crippen molar-refractivity contribution in [2.24, 2.45) is 0 Å². The number of pyridine rings is 1. The van der Waals surface area contributed by atoms with E-state index in [1.807, 2.05) is 29.1 Å². The molecule has 2 rings (SSSR count). The lowest BCUT2D eigenvalue weighted by Crippen LogP contribution is -2.05. The highest BCUT2D eigenvalue weighted by atomic mass is 15.3. The second kappa shape index (κ2) is 3.62. The molecule has 0 atom stereocenters. The monoisotopic (exact) mass is 187 g/mol. The van der Waals surface area contributed by atoms with Crippen molar-refractivity contribution in [3.63, 3.8) is 0 Å². The van der Waals surface area contributed by atoms with Crippen LogP contribution in [0, 0.1) is 13.8 Å². The third-order valence-corrected chi connectivity index (χ3v) is 2.39. The minimum atomic E-state index is 0.751. The molecule has 0 bridgehead atoms. The van der Waals surface area contributed by atoms with Crippen molar-refractivity contribution >= 4 is 0 Å². The van der Waals surface area contributed by atoms with E-state index in [1.165, 1.54) is 11.3 Å². The maximum atomic E-state index is 4.29. The van der Waals surface area contributed by atoms with Gasteiger partial charge >= 0.3 is 0 Å². The summed E-state index contributed by atoms with van der Waals surface area (Å²) in [5.41, 5.74) is 3.47. The molecule has 0 N–H and O–H groups in total. The first kappa shape index (κ1) is 8.94. The van der Waals surface area contributed by atoms with Gasteiger partial charge in [-0.15, -0.1) is 0 Å². The van der Waals surface area contributed by atoms with Crippen LogP contribution in [0.4, 0.5) is 0 Å². The Morgan fingerprint density at radius 2 is 2.14 bits per heavy atom. The van der Waals surface area contributed by atoms with Gasteiger partial charge in [0.05, 0.1) is 18.4 Å². The smallest absolute Gasteiger partial charge is 0.0834 e. The van der Waals surface area contributed by atoms with Crippen LogP contribution in [0.5, 0.6) is 0 Å². The topological polar surface area (TPSA) is 30.7 Å². The summed E-state index contributed by atoms with van der Waals surface area (Å²) in [5.74, 6) is 0. The molecule has 0 aliphatic rings. The van der Waals surface area contributed by atoms with Crippen molar-refractivity contribution < 1.29 is 0 Å². The van der Waals surface area contributed by atoms with Crippen LogP contribution in [0.25, 0.3) is 0 Å². The molecule has 2 heterocycles. The molecule has 72 valence electrons. The zero-order valence-corrected chi connectivity index (χ0v) is 8.44. The second-order valence-electron chi connectivity index (χ2n) is 3.39. The Labute approximate surface area is 83.4 Å². The van der Waals surface area contributed by atoms with Gasteiger partial charge in [0.2, 0.25) is 0 Å². The summed E-state index contributed by atoms with van der Waals surface area (Å²) in [5, 5.41) is 4.29. The number of aromatic nitrogens is 3. The molecule has 0 unspecified atom stereocenters. The van der Waals surface area contributed by atoms with Gasteiger partial charge in [-0.05, 0) is 31.5 Å². The molecule has 2 aromatic rings. The predicted octanol–water partition coefficient (Wildman–Crippen LogP) is 1.94. The van der Waals surface area contributed by atoms with Gasteiger partial charge in [-0.1, -0.05) is 6.07 Å².